The van der Waals surface area contributed by atoms with E-state index in [1.54, 1.807) is 0 Å². The van der Waals surface area contributed by atoms with Crippen LogP contribution in [0.25, 0.3) is 0 Å². The summed E-state index contributed by atoms with van der Waals surface area (Å²) in [6.07, 6.45) is -2.77. The highest BCUT2D eigenvalue weighted by Crippen LogP contribution is 2.41. The van der Waals surface area contributed by atoms with Gasteiger partial charge >= 0.3 is 6.18 Å². The van der Waals surface area contributed by atoms with Gasteiger partial charge in [-0.3, -0.25) is 0 Å². The third kappa shape index (κ3) is 2.72. The number of rotatable bonds is 1. The first-order valence-electron chi connectivity index (χ1n) is 5.70. The summed E-state index contributed by atoms with van der Waals surface area (Å²) in [5.41, 5.74) is -0.505. The Morgan fingerprint density at radius 2 is 2.06 bits per heavy atom. The van der Waals surface area contributed by atoms with Gasteiger partial charge in [-0.2, -0.15) is 13.2 Å². The van der Waals surface area contributed by atoms with Crippen molar-refractivity contribution >= 4 is 11.6 Å². The molecule has 2 nitrogen and oxygen atoms in total. The van der Waals surface area contributed by atoms with Gasteiger partial charge in [0.15, 0.2) is 0 Å². The van der Waals surface area contributed by atoms with Crippen LogP contribution < -0.4 is 5.32 Å². The van der Waals surface area contributed by atoms with E-state index in [4.69, 9.17) is 11.6 Å². The maximum Gasteiger partial charge on any atom is 0.416 e. The van der Waals surface area contributed by atoms with Gasteiger partial charge in [-0.25, -0.2) is 0 Å². The molecule has 0 aliphatic carbocycles. The van der Waals surface area contributed by atoms with Crippen LogP contribution in [0.3, 0.4) is 0 Å². The molecule has 1 aliphatic heterocycles. The molecule has 0 saturated carbocycles. The highest BCUT2D eigenvalue weighted by Gasteiger charge is 2.33. The van der Waals surface area contributed by atoms with Gasteiger partial charge < -0.3 is 10.4 Å². The third-order valence-corrected chi connectivity index (χ3v) is 3.45. The quantitative estimate of drug-likeness (QED) is 0.824. The second-order valence-corrected chi connectivity index (χ2v) is 4.84. The van der Waals surface area contributed by atoms with Crippen LogP contribution in [0.5, 0.6) is 5.75 Å². The van der Waals surface area contributed by atoms with Gasteiger partial charge in [0.2, 0.25) is 0 Å². The van der Waals surface area contributed by atoms with E-state index in [9.17, 15) is 18.3 Å². The number of piperidine rings is 1. The number of nitrogens with one attached hydrogen (secondary N) is 1. The highest BCUT2D eigenvalue weighted by atomic mass is 35.5. The SMILES string of the molecule is Oc1cc(C(F)(F)F)cc(Cl)c1C1CCCNC1. The summed E-state index contributed by atoms with van der Waals surface area (Å²) in [7, 11) is 0. The molecule has 1 heterocycles. The number of phenolic OH excluding ortho intramolecular Hbond substituents is 1. The third-order valence-electron chi connectivity index (χ3n) is 3.14. The van der Waals surface area contributed by atoms with E-state index in [1.807, 2.05) is 0 Å². The van der Waals surface area contributed by atoms with Gasteiger partial charge in [-0.05, 0) is 31.5 Å². The Morgan fingerprint density at radius 1 is 1.33 bits per heavy atom. The fourth-order valence-corrected chi connectivity index (χ4v) is 2.64. The lowest BCUT2D eigenvalue weighted by molar-refractivity contribution is -0.137. The minimum Gasteiger partial charge on any atom is -0.508 e. The normalized spacial score (nSPS) is 21.0. The molecule has 0 bridgehead atoms. The Bertz CT molecular complexity index is 418. The van der Waals surface area contributed by atoms with Crippen LogP contribution in [-0.4, -0.2) is 18.2 Å². The summed E-state index contributed by atoms with van der Waals surface area (Å²) in [4.78, 5) is 0. The summed E-state index contributed by atoms with van der Waals surface area (Å²) in [5.74, 6) is -0.406. The summed E-state index contributed by atoms with van der Waals surface area (Å²) in [5, 5.41) is 12.9. The van der Waals surface area contributed by atoms with Gasteiger partial charge in [0.1, 0.15) is 5.75 Å². The van der Waals surface area contributed by atoms with E-state index < -0.39 is 11.7 Å². The molecule has 2 rings (SSSR count). The molecule has 0 amide bonds. The van der Waals surface area contributed by atoms with Crippen molar-refractivity contribution in [2.24, 2.45) is 0 Å². The van der Waals surface area contributed by atoms with Crippen LogP contribution in [0, 0.1) is 0 Å². The van der Waals surface area contributed by atoms with E-state index >= 15 is 0 Å². The smallest absolute Gasteiger partial charge is 0.416 e. The molecule has 100 valence electrons. The lowest BCUT2D eigenvalue weighted by Crippen LogP contribution is -2.28. The van der Waals surface area contributed by atoms with Crippen molar-refractivity contribution < 1.29 is 18.3 Å². The molecular formula is C12H13ClF3NO. The van der Waals surface area contributed by atoms with Gasteiger partial charge in [0, 0.05) is 23.0 Å². The maximum atomic E-state index is 12.5. The molecule has 1 saturated heterocycles. The first-order chi connectivity index (χ1) is 8.39. The van der Waals surface area contributed by atoms with Crippen LogP contribution in [-0.2, 0) is 6.18 Å². The summed E-state index contributed by atoms with van der Waals surface area (Å²) >= 11 is 5.89. The second-order valence-electron chi connectivity index (χ2n) is 4.43. The summed E-state index contributed by atoms with van der Waals surface area (Å²) in [6.45, 7) is 1.51. The zero-order valence-corrected chi connectivity index (χ0v) is 10.3. The zero-order chi connectivity index (χ0) is 13.3. The molecule has 1 aliphatic rings. The Hall–Kier alpha value is -0.940. The van der Waals surface area contributed by atoms with Crippen molar-refractivity contribution in [3.05, 3.63) is 28.3 Å². The van der Waals surface area contributed by atoms with E-state index in [0.717, 1.165) is 31.5 Å². The number of hydrogen-bond donors (Lipinski definition) is 2. The molecule has 0 spiro atoms. The largest absolute Gasteiger partial charge is 0.508 e. The molecule has 18 heavy (non-hydrogen) atoms. The second kappa shape index (κ2) is 4.97. The Labute approximate surface area is 108 Å². The molecule has 1 unspecified atom stereocenters. The molecule has 6 heteroatoms. The molecule has 0 aromatic heterocycles. The van der Waals surface area contributed by atoms with Crippen molar-refractivity contribution in [1.29, 1.82) is 0 Å². The van der Waals surface area contributed by atoms with Gasteiger partial charge in [0.05, 0.1) is 5.56 Å². The highest BCUT2D eigenvalue weighted by molar-refractivity contribution is 6.31. The fourth-order valence-electron chi connectivity index (χ4n) is 2.27. The molecule has 1 aromatic carbocycles. The lowest BCUT2D eigenvalue weighted by atomic mass is 9.90. The Morgan fingerprint density at radius 3 is 2.56 bits per heavy atom. The van der Waals surface area contributed by atoms with Crippen molar-refractivity contribution in [3.63, 3.8) is 0 Å². The molecule has 1 fully saturated rings. The topological polar surface area (TPSA) is 32.3 Å². The number of hydrogen-bond acceptors (Lipinski definition) is 2. The van der Waals surface area contributed by atoms with Gasteiger partial charge in [0.25, 0.3) is 0 Å². The minimum atomic E-state index is -4.50. The Kier molecular flexibility index (Phi) is 3.73. The number of alkyl halides is 3. The maximum absolute atomic E-state index is 12.5. The van der Waals surface area contributed by atoms with Crippen LogP contribution >= 0.6 is 11.6 Å². The van der Waals surface area contributed by atoms with E-state index in [0.29, 0.717) is 12.1 Å². The molecule has 1 atom stereocenters. The van der Waals surface area contributed by atoms with Crippen molar-refractivity contribution in [2.75, 3.05) is 13.1 Å². The summed E-state index contributed by atoms with van der Waals surface area (Å²) < 4.78 is 37.6. The molecule has 1 aromatic rings. The van der Waals surface area contributed by atoms with E-state index in [-0.39, 0.29) is 16.7 Å². The average molecular weight is 280 g/mol. The predicted octanol–water partition coefficient (Wildman–Crippen LogP) is 3.53. The monoisotopic (exact) mass is 279 g/mol. The molecule has 0 radical (unpaired) electrons. The van der Waals surface area contributed by atoms with Crippen molar-refractivity contribution in [2.45, 2.75) is 24.9 Å². The van der Waals surface area contributed by atoms with E-state index in [1.165, 1.54) is 0 Å². The first-order valence-corrected chi connectivity index (χ1v) is 6.07. The molecular weight excluding hydrogens is 267 g/mol. The predicted molar refractivity (Wildman–Crippen MR) is 63.0 cm³/mol. The van der Waals surface area contributed by atoms with Crippen LogP contribution in [0.2, 0.25) is 5.02 Å². The van der Waals surface area contributed by atoms with Crippen LogP contribution in [0.4, 0.5) is 13.2 Å². The minimum absolute atomic E-state index is 0.0176. The number of benzene rings is 1. The molecule has 2 N–H and O–H groups in total. The first kappa shape index (κ1) is 13.5. The number of aromatic hydroxyl groups is 1. The summed E-state index contributed by atoms with van der Waals surface area (Å²) in [6, 6.07) is 1.63. The van der Waals surface area contributed by atoms with Crippen molar-refractivity contribution in [3.8, 4) is 5.75 Å². The van der Waals surface area contributed by atoms with Gasteiger partial charge in [-0.15, -0.1) is 0 Å². The fraction of sp³-hybridized carbons (Fsp3) is 0.500. The van der Waals surface area contributed by atoms with Crippen LogP contribution in [0.15, 0.2) is 12.1 Å². The lowest BCUT2D eigenvalue weighted by Gasteiger charge is -2.25. The van der Waals surface area contributed by atoms with Crippen molar-refractivity contribution in [1.82, 2.24) is 5.32 Å². The standard InChI is InChI=1S/C12H13ClF3NO/c13-9-4-8(12(14,15)16)5-10(18)11(9)7-2-1-3-17-6-7/h4-5,7,17-18H,1-3,6H2. The van der Waals surface area contributed by atoms with Crippen LogP contribution in [0.1, 0.15) is 29.9 Å². The van der Waals surface area contributed by atoms with E-state index in [2.05, 4.69) is 5.32 Å². The van der Waals surface area contributed by atoms with Gasteiger partial charge in [-0.1, -0.05) is 11.6 Å². The number of phenols is 1. The number of halogens is 4. The Balaban J connectivity index is 2.37. The average Bonchev–Trinajstić information content (AvgIpc) is 2.28. The zero-order valence-electron chi connectivity index (χ0n) is 9.52.